The van der Waals surface area contributed by atoms with Gasteiger partial charge in [-0.15, -0.1) is 10.2 Å². The van der Waals surface area contributed by atoms with Crippen molar-refractivity contribution in [3.63, 3.8) is 0 Å². The molecule has 0 radical (unpaired) electrons. The molecule has 0 spiro atoms. The Hall–Kier alpha value is -0.820. The lowest BCUT2D eigenvalue weighted by atomic mass is 10.3. The molecule has 76 valence electrons. The van der Waals surface area contributed by atoms with Gasteiger partial charge >= 0.3 is 5.97 Å². The highest BCUT2D eigenvalue weighted by molar-refractivity contribution is 8.02. The Balaban J connectivity index is 2.03. The summed E-state index contributed by atoms with van der Waals surface area (Å²) >= 11 is 2.49. The first kappa shape index (κ1) is 9.72. The molecule has 3 N–H and O–H groups in total. The maximum absolute atomic E-state index is 10.9. The molecule has 14 heavy (non-hydrogen) atoms. The third-order valence-corrected chi connectivity index (χ3v) is 4.15. The molecule has 1 fully saturated rings. The summed E-state index contributed by atoms with van der Waals surface area (Å²) in [6, 6.07) is 0. The fraction of sp³-hybridized carbons (Fsp3) is 0.571. The van der Waals surface area contributed by atoms with Gasteiger partial charge in [-0.3, -0.25) is 4.79 Å². The van der Waals surface area contributed by atoms with Crippen molar-refractivity contribution >= 4 is 34.2 Å². The van der Waals surface area contributed by atoms with Gasteiger partial charge in [0.1, 0.15) is 5.25 Å². The summed E-state index contributed by atoms with van der Waals surface area (Å²) < 4.78 is 0.641. The number of hydrogen-bond donors (Lipinski definition) is 2. The topological polar surface area (TPSA) is 89.1 Å². The van der Waals surface area contributed by atoms with Gasteiger partial charge in [0, 0.05) is 0 Å². The van der Waals surface area contributed by atoms with E-state index in [1.807, 2.05) is 0 Å². The van der Waals surface area contributed by atoms with Crippen LogP contribution in [0, 0.1) is 5.92 Å². The van der Waals surface area contributed by atoms with Crippen molar-refractivity contribution in [1.82, 2.24) is 10.2 Å². The first-order chi connectivity index (χ1) is 6.66. The number of aromatic nitrogens is 2. The number of anilines is 1. The quantitative estimate of drug-likeness (QED) is 0.754. The van der Waals surface area contributed by atoms with Gasteiger partial charge in [0.25, 0.3) is 0 Å². The number of thioether (sulfide) groups is 1. The van der Waals surface area contributed by atoms with Crippen molar-refractivity contribution < 1.29 is 9.90 Å². The molecule has 1 aromatic rings. The van der Waals surface area contributed by atoms with Crippen molar-refractivity contribution in [3.8, 4) is 0 Å². The maximum Gasteiger partial charge on any atom is 0.317 e. The number of nitrogens with zero attached hydrogens (tertiary/aromatic N) is 2. The predicted octanol–water partition coefficient (Wildman–Crippen LogP) is 1.08. The number of carbonyl (C=O) groups is 1. The molecule has 1 saturated carbocycles. The van der Waals surface area contributed by atoms with Crippen LogP contribution in [0.1, 0.15) is 12.8 Å². The van der Waals surface area contributed by atoms with E-state index in [0.29, 0.717) is 15.4 Å². The monoisotopic (exact) mass is 231 g/mol. The second kappa shape index (κ2) is 3.74. The number of carboxylic acids is 1. The Bertz CT molecular complexity index is 350. The molecular weight excluding hydrogens is 222 g/mol. The molecule has 5 nitrogen and oxygen atoms in total. The average molecular weight is 231 g/mol. The fourth-order valence-corrected chi connectivity index (χ4v) is 3.10. The van der Waals surface area contributed by atoms with Crippen LogP contribution in [0.3, 0.4) is 0 Å². The van der Waals surface area contributed by atoms with E-state index in [1.165, 1.54) is 23.1 Å². The van der Waals surface area contributed by atoms with Gasteiger partial charge in [0.2, 0.25) is 5.13 Å². The van der Waals surface area contributed by atoms with E-state index < -0.39 is 5.97 Å². The normalized spacial score (nSPS) is 18.0. The lowest BCUT2D eigenvalue weighted by Crippen LogP contribution is -2.18. The Morgan fingerprint density at radius 3 is 2.79 bits per heavy atom. The molecule has 1 aliphatic carbocycles. The van der Waals surface area contributed by atoms with E-state index >= 15 is 0 Å². The zero-order valence-corrected chi connectivity index (χ0v) is 8.85. The van der Waals surface area contributed by atoms with Crippen LogP contribution >= 0.6 is 23.1 Å². The predicted molar refractivity (Wildman–Crippen MR) is 54.3 cm³/mol. The van der Waals surface area contributed by atoms with Gasteiger partial charge in [0.05, 0.1) is 0 Å². The molecule has 0 saturated heterocycles. The number of hydrogen-bond acceptors (Lipinski definition) is 6. The average Bonchev–Trinajstić information content (AvgIpc) is 2.86. The van der Waals surface area contributed by atoms with Crippen molar-refractivity contribution in [2.75, 3.05) is 5.73 Å². The van der Waals surface area contributed by atoms with Crippen LogP contribution in [0.5, 0.6) is 0 Å². The first-order valence-corrected chi connectivity index (χ1v) is 5.85. The van der Waals surface area contributed by atoms with E-state index in [9.17, 15) is 4.79 Å². The van der Waals surface area contributed by atoms with Gasteiger partial charge in [-0.2, -0.15) is 0 Å². The molecule has 1 aliphatic rings. The third-order valence-electron chi connectivity index (χ3n) is 1.94. The molecule has 0 aromatic carbocycles. The standard InChI is InChI=1S/C7H9N3O2S2/c8-6-9-10-7(14-6)13-4(5(11)12)3-1-2-3/h3-4H,1-2H2,(H2,8,9)(H,11,12). The highest BCUT2D eigenvalue weighted by Gasteiger charge is 2.37. The van der Waals surface area contributed by atoms with Crippen LogP contribution in [0.25, 0.3) is 0 Å². The molecule has 1 atom stereocenters. The largest absolute Gasteiger partial charge is 0.480 e. The van der Waals surface area contributed by atoms with Crippen LogP contribution in [-0.2, 0) is 4.79 Å². The minimum absolute atomic E-state index is 0.294. The molecule has 1 unspecified atom stereocenters. The van der Waals surface area contributed by atoms with Crippen molar-refractivity contribution in [2.45, 2.75) is 22.4 Å². The molecule has 1 aromatic heterocycles. The van der Waals surface area contributed by atoms with Crippen molar-refractivity contribution in [3.05, 3.63) is 0 Å². The van der Waals surface area contributed by atoms with E-state index in [1.54, 1.807) is 0 Å². The van der Waals surface area contributed by atoms with Crippen molar-refractivity contribution in [2.24, 2.45) is 5.92 Å². The molecular formula is C7H9N3O2S2. The zero-order chi connectivity index (χ0) is 10.1. The number of carboxylic acid groups (broad SMARTS) is 1. The number of rotatable bonds is 4. The van der Waals surface area contributed by atoms with Crippen LogP contribution < -0.4 is 5.73 Å². The maximum atomic E-state index is 10.9. The summed E-state index contributed by atoms with van der Waals surface area (Å²) in [5.74, 6) is -0.478. The van der Waals surface area contributed by atoms with E-state index in [4.69, 9.17) is 10.8 Å². The van der Waals surface area contributed by atoms with E-state index in [2.05, 4.69) is 10.2 Å². The second-order valence-electron chi connectivity index (χ2n) is 3.12. The first-order valence-electron chi connectivity index (χ1n) is 4.15. The lowest BCUT2D eigenvalue weighted by Gasteiger charge is -2.06. The number of nitrogens with two attached hydrogens (primary N) is 1. The SMILES string of the molecule is Nc1nnc(SC(C(=O)O)C2CC2)s1. The Kier molecular flexibility index (Phi) is 2.60. The van der Waals surface area contributed by atoms with Crippen LogP contribution in [0.4, 0.5) is 5.13 Å². The van der Waals surface area contributed by atoms with E-state index in [0.717, 1.165) is 12.8 Å². The van der Waals surface area contributed by atoms with Gasteiger partial charge in [-0.05, 0) is 18.8 Å². The highest BCUT2D eigenvalue weighted by atomic mass is 32.2. The van der Waals surface area contributed by atoms with Crippen LogP contribution in [-0.4, -0.2) is 26.5 Å². The zero-order valence-electron chi connectivity index (χ0n) is 7.21. The summed E-state index contributed by atoms with van der Waals surface area (Å²) in [6.07, 6.45) is 2.00. The van der Waals surface area contributed by atoms with Gasteiger partial charge in [-0.25, -0.2) is 0 Å². The smallest absolute Gasteiger partial charge is 0.317 e. The van der Waals surface area contributed by atoms with Crippen molar-refractivity contribution in [1.29, 1.82) is 0 Å². The lowest BCUT2D eigenvalue weighted by molar-refractivity contribution is -0.136. The summed E-state index contributed by atoms with van der Waals surface area (Å²) in [6.45, 7) is 0. The second-order valence-corrected chi connectivity index (χ2v) is 5.52. The summed E-state index contributed by atoms with van der Waals surface area (Å²) in [7, 11) is 0. The van der Waals surface area contributed by atoms with Crippen LogP contribution in [0.15, 0.2) is 4.34 Å². The Labute approximate surface area is 88.7 Å². The molecule has 0 aliphatic heterocycles. The fourth-order valence-electron chi connectivity index (χ4n) is 1.12. The van der Waals surface area contributed by atoms with Gasteiger partial charge in [-0.1, -0.05) is 23.1 Å². The summed E-state index contributed by atoms with van der Waals surface area (Å²) in [5, 5.41) is 16.4. The minimum Gasteiger partial charge on any atom is -0.480 e. The van der Waals surface area contributed by atoms with Gasteiger partial charge in [0.15, 0.2) is 4.34 Å². The highest BCUT2D eigenvalue weighted by Crippen LogP contribution is 2.42. The molecule has 7 heteroatoms. The molecule has 0 bridgehead atoms. The number of aliphatic carboxylic acids is 1. The molecule has 1 heterocycles. The summed E-state index contributed by atoms with van der Waals surface area (Å²) in [4.78, 5) is 10.9. The number of nitrogen functional groups attached to an aromatic ring is 1. The third kappa shape index (κ3) is 2.16. The Morgan fingerprint density at radius 2 is 2.36 bits per heavy atom. The molecule has 2 rings (SSSR count). The summed E-state index contributed by atoms with van der Waals surface area (Å²) in [5.41, 5.74) is 5.41. The molecule has 0 amide bonds. The van der Waals surface area contributed by atoms with E-state index in [-0.39, 0.29) is 5.25 Å². The minimum atomic E-state index is -0.772. The van der Waals surface area contributed by atoms with Gasteiger partial charge < -0.3 is 10.8 Å². The van der Waals surface area contributed by atoms with Crippen LogP contribution in [0.2, 0.25) is 0 Å². The Morgan fingerprint density at radius 1 is 1.64 bits per heavy atom.